The largest absolute Gasteiger partial charge is 0.0895 e. The highest BCUT2D eigenvalue weighted by Gasteiger charge is 2.15. The van der Waals surface area contributed by atoms with Crippen LogP contribution in [0, 0.1) is 0 Å². The van der Waals surface area contributed by atoms with Crippen LogP contribution in [0.15, 0.2) is 69.2 Å². The van der Waals surface area contributed by atoms with Crippen molar-refractivity contribution in [2.24, 2.45) is 5.11 Å². The molecule has 0 fully saturated rings. The van der Waals surface area contributed by atoms with Gasteiger partial charge in [0.25, 0.3) is 0 Å². The van der Waals surface area contributed by atoms with Crippen LogP contribution in [0.4, 0.5) is 0 Å². The van der Waals surface area contributed by atoms with Gasteiger partial charge in [0.15, 0.2) is 0 Å². The molecule has 0 saturated carbocycles. The molecule has 3 aromatic rings. The number of thioether (sulfide) groups is 4. The Hall–Kier alpha value is -1.89. The van der Waals surface area contributed by atoms with Gasteiger partial charge in [-0.25, -0.2) is 0 Å². The van der Waals surface area contributed by atoms with Crippen molar-refractivity contribution >= 4 is 77.1 Å². The van der Waals surface area contributed by atoms with Crippen LogP contribution < -0.4 is 10.4 Å². The minimum atomic E-state index is 0.365. The smallest absolute Gasteiger partial charge is 0.0571 e. The molecule has 0 spiro atoms. The first-order valence-corrected chi connectivity index (χ1v) is 12.1. The highest BCUT2D eigenvalue weighted by atomic mass is 32.2. The molecule has 0 bridgehead atoms. The van der Waals surface area contributed by atoms with Crippen LogP contribution in [0.25, 0.3) is 40.5 Å². The maximum Gasteiger partial charge on any atom is 0.0571 e. The third-order valence-electron chi connectivity index (χ3n) is 4.62. The average molecular weight is 436 g/mol. The van der Waals surface area contributed by atoms with Crippen molar-refractivity contribution in [2.45, 2.75) is 6.54 Å². The predicted octanol–water partition coefficient (Wildman–Crippen LogP) is 6.84. The Balaban J connectivity index is 2.01. The normalized spacial score (nSPS) is 15.7. The molecule has 0 saturated heterocycles. The number of hydrogen-bond acceptors (Lipinski definition) is 5. The molecule has 3 aromatic carbocycles. The fourth-order valence-corrected chi connectivity index (χ4v) is 7.37. The van der Waals surface area contributed by atoms with Crippen molar-refractivity contribution in [2.75, 3.05) is 0 Å². The van der Waals surface area contributed by atoms with Crippen LogP contribution in [0.2, 0.25) is 0 Å². The number of benzene rings is 3. The molecule has 2 aliphatic rings. The quantitative estimate of drug-likeness (QED) is 0.191. The Morgan fingerprint density at radius 3 is 1.82 bits per heavy atom. The van der Waals surface area contributed by atoms with E-state index in [2.05, 4.69) is 74.1 Å². The van der Waals surface area contributed by atoms with Gasteiger partial charge in [-0.2, -0.15) is 0 Å². The Labute approximate surface area is 178 Å². The lowest BCUT2D eigenvalue weighted by Gasteiger charge is -2.12. The number of hydrogen-bond donors (Lipinski definition) is 0. The lowest BCUT2D eigenvalue weighted by molar-refractivity contribution is 1.05. The van der Waals surface area contributed by atoms with E-state index in [4.69, 9.17) is 5.53 Å². The van der Waals surface area contributed by atoms with E-state index in [0.717, 1.165) is 5.56 Å². The van der Waals surface area contributed by atoms with Crippen molar-refractivity contribution in [3.8, 4) is 0 Å². The summed E-state index contributed by atoms with van der Waals surface area (Å²) in [6, 6.07) is 15.1. The average Bonchev–Trinajstić information content (AvgIpc) is 3.44. The zero-order chi connectivity index (χ0) is 18.9. The van der Waals surface area contributed by atoms with Gasteiger partial charge in [-0.05, 0) is 54.3 Å². The molecule has 0 atom stereocenters. The van der Waals surface area contributed by atoms with Gasteiger partial charge in [-0.1, -0.05) is 94.6 Å². The Bertz CT molecular complexity index is 1330. The molecule has 28 heavy (non-hydrogen) atoms. The van der Waals surface area contributed by atoms with Crippen molar-refractivity contribution in [3.05, 3.63) is 90.5 Å². The lowest BCUT2D eigenvalue weighted by Crippen LogP contribution is -2.17. The molecule has 2 heterocycles. The molecule has 5 rings (SSSR count). The third-order valence-corrected chi connectivity index (χ3v) is 8.89. The van der Waals surface area contributed by atoms with Crippen molar-refractivity contribution in [3.63, 3.8) is 0 Å². The minimum Gasteiger partial charge on any atom is -0.0895 e. The minimum absolute atomic E-state index is 0.365. The summed E-state index contributed by atoms with van der Waals surface area (Å²) in [5.41, 5.74) is 9.75. The summed E-state index contributed by atoms with van der Waals surface area (Å²) in [4.78, 5) is 2.92. The highest BCUT2D eigenvalue weighted by Crippen LogP contribution is 2.41. The van der Waals surface area contributed by atoms with E-state index >= 15 is 0 Å². The first kappa shape index (κ1) is 18.2. The fraction of sp³-hybridized carbons (Fsp3) is 0.0476. The highest BCUT2D eigenvalue weighted by molar-refractivity contribution is 8.35. The van der Waals surface area contributed by atoms with Crippen LogP contribution in [-0.4, -0.2) is 0 Å². The van der Waals surface area contributed by atoms with E-state index in [-0.39, 0.29) is 0 Å². The number of azide groups is 1. The van der Waals surface area contributed by atoms with Crippen LogP contribution in [-0.2, 0) is 6.54 Å². The molecule has 0 radical (unpaired) electrons. The molecule has 0 amide bonds. The van der Waals surface area contributed by atoms with Crippen LogP contribution >= 0.6 is 47.0 Å². The number of fused-ring (bicyclic) bond motifs is 2. The van der Waals surface area contributed by atoms with Crippen molar-refractivity contribution < 1.29 is 0 Å². The summed E-state index contributed by atoms with van der Waals surface area (Å²) in [5.74, 6) is 0. The summed E-state index contributed by atoms with van der Waals surface area (Å²) in [6.07, 6.45) is 0. The summed E-state index contributed by atoms with van der Waals surface area (Å²) in [5, 5.41) is 19.9. The van der Waals surface area contributed by atoms with Gasteiger partial charge in [0.1, 0.15) is 0 Å². The van der Waals surface area contributed by atoms with Crippen LogP contribution in [0.3, 0.4) is 0 Å². The van der Waals surface area contributed by atoms with Gasteiger partial charge in [-0.3, -0.25) is 0 Å². The monoisotopic (exact) mass is 435 g/mol. The van der Waals surface area contributed by atoms with Crippen LogP contribution in [0.1, 0.15) is 5.56 Å². The van der Waals surface area contributed by atoms with E-state index in [9.17, 15) is 0 Å². The van der Waals surface area contributed by atoms with E-state index in [1.807, 2.05) is 0 Å². The topological polar surface area (TPSA) is 48.8 Å². The summed E-state index contributed by atoms with van der Waals surface area (Å²) >= 11 is 7.12. The SMILES string of the molecule is [N-]=[N+]=NCc1ccc2c(=C3SC=CS3)c3ccccc3c(=C3SC=CS3)c2c1. The molecule has 0 unspecified atom stereocenters. The number of nitrogens with zero attached hydrogens (tertiary/aromatic N) is 3. The molecule has 136 valence electrons. The summed E-state index contributed by atoms with van der Waals surface area (Å²) in [6.45, 7) is 0.365. The van der Waals surface area contributed by atoms with Crippen molar-refractivity contribution in [1.29, 1.82) is 0 Å². The van der Waals surface area contributed by atoms with Crippen LogP contribution in [0.5, 0.6) is 0 Å². The van der Waals surface area contributed by atoms with Gasteiger partial charge < -0.3 is 0 Å². The number of rotatable bonds is 2. The first-order chi connectivity index (χ1) is 13.9. The molecule has 3 nitrogen and oxygen atoms in total. The molecule has 7 heteroatoms. The fourth-order valence-electron chi connectivity index (χ4n) is 3.53. The van der Waals surface area contributed by atoms with Crippen molar-refractivity contribution in [1.82, 2.24) is 0 Å². The molecular weight excluding hydrogens is 423 g/mol. The Morgan fingerprint density at radius 2 is 1.25 bits per heavy atom. The van der Waals surface area contributed by atoms with E-state index in [1.165, 1.54) is 40.5 Å². The van der Waals surface area contributed by atoms with Gasteiger partial charge in [-0.15, -0.1) is 0 Å². The lowest BCUT2D eigenvalue weighted by atomic mass is 9.97. The molecule has 0 N–H and O–H groups in total. The summed E-state index contributed by atoms with van der Waals surface area (Å²) in [7, 11) is 0. The molecular formula is C21H13N3S4. The van der Waals surface area contributed by atoms with Gasteiger partial charge >= 0.3 is 0 Å². The maximum atomic E-state index is 8.72. The summed E-state index contributed by atoms with van der Waals surface area (Å²) < 4.78 is 2.61. The predicted molar refractivity (Wildman–Crippen MR) is 129 cm³/mol. The second kappa shape index (κ2) is 7.85. The van der Waals surface area contributed by atoms with E-state index < -0.39 is 0 Å². The molecule has 0 aromatic heterocycles. The standard InChI is InChI=1S/C21H13N3S4/c22-24-23-12-13-5-6-16-17(11-13)19(21-27-9-10-28-21)15-4-2-1-3-14(15)18(16)20-25-7-8-26-20/h1-11H,12H2. The second-order valence-corrected chi connectivity index (χ2v) is 10.3. The first-order valence-electron chi connectivity index (χ1n) is 8.56. The van der Waals surface area contributed by atoms with E-state index in [0.29, 0.717) is 6.54 Å². The molecule has 2 aliphatic heterocycles. The van der Waals surface area contributed by atoms with E-state index in [1.54, 1.807) is 47.0 Å². The van der Waals surface area contributed by atoms with Gasteiger partial charge in [0.05, 0.1) is 15.0 Å². The zero-order valence-corrected chi connectivity index (χ0v) is 17.8. The van der Waals surface area contributed by atoms with Gasteiger partial charge in [0, 0.05) is 15.3 Å². The maximum absolute atomic E-state index is 8.72. The van der Waals surface area contributed by atoms with Gasteiger partial charge in [0.2, 0.25) is 0 Å². The zero-order valence-electron chi connectivity index (χ0n) is 14.5. The second-order valence-electron chi connectivity index (χ2n) is 6.16. The Kier molecular flexibility index (Phi) is 5.09. The Morgan fingerprint density at radius 1 is 0.714 bits per heavy atom. The third kappa shape index (κ3) is 3.13. The molecule has 0 aliphatic carbocycles.